The van der Waals surface area contributed by atoms with Gasteiger partial charge < -0.3 is 5.73 Å². The minimum absolute atomic E-state index is 0.691. The van der Waals surface area contributed by atoms with Gasteiger partial charge in [-0.1, -0.05) is 29.8 Å². The molecule has 0 aromatic heterocycles. The van der Waals surface area contributed by atoms with E-state index in [0.717, 1.165) is 11.4 Å². The average molecular weight is 196 g/mol. The van der Waals surface area contributed by atoms with Crippen molar-refractivity contribution < 1.29 is 0 Å². The van der Waals surface area contributed by atoms with Gasteiger partial charge in [-0.15, -0.1) is 0 Å². The Balaban J connectivity index is 2.81. The van der Waals surface area contributed by atoms with Crippen LogP contribution in [0.3, 0.4) is 0 Å². The van der Waals surface area contributed by atoms with E-state index in [1.165, 1.54) is 11.1 Å². The van der Waals surface area contributed by atoms with Crippen LogP contribution in [-0.2, 0) is 0 Å². The van der Waals surface area contributed by atoms with Crippen LogP contribution < -0.4 is 5.73 Å². The molecule has 0 saturated heterocycles. The van der Waals surface area contributed by atoms with Crippen LogP contribution >= 0.6 is 11.6 Å². The summed E-state index contributed by atoms with van der Waals surface area (Å²) >= 11 is 5.87. The number of aryl methyl sites for hydroxylation is 1. The van der Waals surface area contributed by atoms with E-state index in [0.29, 0.717) is 6.54 Å². The first-order valence-electron chi connectivity index (χ1n) is 4.37. The molecule has 2 heteroatoms. The Hall–Kier alpha value is -0.790. The third kappa shape index (κ3) is 3.21. The van der Waals surface area contributed by atoms with Crippen LogP contribution in [0.2, 0.25) is 5.02 Å². The number of hydrogen-bond acceptors (Lipinski definition) is 1. The summed E-state index contributed by atoms with van der Waals surface area (Å²) in [5, 5.41) is 0.776. The van der Waals surface area contributed by atoms with E-state index in [9.17, 15) is 0 Å². The Bertz CT molecular complexity index is 305. The summed E-state index contributed by atoms with van der Waals surface area (Å²) < 4.78 is 0. The lowest BCUT2D eigenvalue weighted by Crippen LogP contribution is -1.95. The van der Waals surface area contributed by atoms with Crippen molar-refractivity contribution in [3.8, 4) is 0 Å². The fourth-order valence-corrected chi connectivity index (χ4v) is 1.28. The molecule has 1 nitrogen and oxygen atoms in total. The van der Waals surface area contributed by atoms with Crippen molar-refractivity contribution in [2.24, 2.45) is 5.73 Å². The number of halogens is 1. The smallest absolute Gasteiger partial charge is 0.0412 e. The molecule has 2 N–H and O–H groups in total. The molecule has 0 amide bonds. The number of benzene rings is 1. The van der Waals surface area contributed by atoms with Crippen molar-refractivity contribution in [2.75, 3.05) is 6.54 Å². The van der Waals surface area contributed by atoms with Crippen LogP contribution in [0.15, 0.2) is 24.3 Å². The van der Waals surface area contributed by atoms with E-state index in [1.807, 2.05) is 18.2 Å². The summed E-state index contributed by atoms with van der Waals surface area (Å²) in [4.78, 5) is 0. The predicted octanol–water partition coefficient (Wildman–Crippen LogP) is 3.01. The highest BCUT2D eigenvalue weighted by atomic mass is 35.5. The molecule has 0 spiro atoms. The molecule has 1 aromatic rings. The quantitative estimate of drug-likeness (QED) is 0.789. The summed E-state index contributed by atoms with van der Waals surface area (Å²) in [7, 11) is 0. The second-order valence-corrected chi connectivity index (χ2v) is 3.42. The molecule has 0 aliphatic carbocycles. The topological polar surface area (TPSA) is 26.0 Å². The van der Waals surface area contributed by atoms with E-state index >= 15 is 0 Å². The van der Waals surface area contributed by atoms with Crippen LogP contribution in [0.4, 0.5) is 0 Å². The maximum atomic E-state index is 5.87. The maximum absolute atomic E-state index is 5.87. The van der Waals surface area contributed by atoms with E-state index < -0.39 is 0 Å². The van der Waals surface area contributed by atoms with Crippen molar-refractivity contribution in [3.05, 3.63) is 40.4 Å². The van der Waals surface area contributed by atoms with Gasteiger partial charge in [-0.25, -0.2) is 0 Å². The Kier molecular flexibility index (Phi) is 4.00. The van der Waals surface area contributed by atoms with E-state index in [2.05, 4.69) is 19.1 Å². The Labute approximate surface area is 84.2 Å². The van der Waals surface area contributed by atoms with Crippen molar-refractivity contribution in [2.45, 2.75) is 13.3 Å². The molecule has 0 fully saturated rings. The number of rotatable bonds is 3. The second kappa shape index (κ2) is 5.05. The number of hydrogen-bond donors (Lipinski definition) is 1. The normalized spacial score (nSPS) is 11.0. The van der Waals surface area contributed by atoms with Gasteiger partial charge in [0.15, 0.2) is 0 Å². The lowest BCUT2D eigenvalue weighted by Gasteiger charge is -2.00. The van der Waals surface area contributed by atoms with Gasteiger partial charge in [-0.05, 0) is 43.1 Å². The van der Waals surface area contributed by atoms with Crippen LogP contribution in [0, 0.1) is 6.92 Å². The third-order valence-electron chi connectivity index (χ3n) is 1.87. The van der Waals surface area contributed by atoms with Gasteiger partial charge in [0.05, 0.1) is 0 Å². The van der Waals surface area contributed by atoms with Crippen molar-refractivity contribution >= 4 is 17.7 Å². The summed E-state index contributed by atoms with van der Waals surface area (Å²) in [6, 6.07) is 5.88. The Morgan fingerprint density at radius 1 is 1.46 bits per heavy atom. The summed E-state index contributed by atoms with van der Waals surface area (Å²) in [6.45, 7) is 2.76. The molecule has 0 aliphatic rings. The van der Waals surface area contributed by atoms with Gasteiger partial charge in [-0.3, -0.25) is 0 Å². The predicted molar refractivity (Wildman–Crippen MR) is 58.9 cm³/mol. The molecule has 0 unspecified atom stereocenters. The molecular weight excluding hydrogens is 182 g/mol. The van der Waals surface area contributed by atoms with E-state index in [-0.39, 0.29) is 0 Å². The molecule has 0 heterocycles. The van der Waals surface area contributed by atoms with Crippen LogP contribution in [0.1, 0.15) is 17.5 Å². The fraction of sp³-hybridized carbons (Fsp3) is 0.273. The first-order chi connectivity index (χ1) is 6.24. The largest absolute Gasteiger partial charge is 0.330 e. The molecule has 13 heavy (non-hydrogen) atoms. The highest BCUT2D eigenvalue weighted by Gasteiger charge is 1.94. The van der Waals surface area contributed by atoms with E-state index in [4.69, 9.17) is 17.3 Å². The van der Waals surface area contributed by atoms with Gasteiger partial charge >= 0.3 is 0 Å². The highest BCUT2D eigenvalue weighted by molar-refractivity contribution is 6.30. The second-order valence-electron chi connectivity index (χ2n) is 2.98. The van der Waals surface area contributed by atoms with Gasteiger partial charge in [-0.2, -0.15) is 0 Å². The maximum Gasteiger partial charge on any atom is 0.0412 e. The molecule has 0 saturated carbocycles. The SMILES string of the molecule is Cc1ccc(Cl)cc1C=CCCN. The van der Waals surface area contributed by atoms with Crippen molar-refractivity contribution in [1.29, 1.82) is 0 Å². The first kappa shape index (κ1) is 10.3. The molecular formula is C11H14ClN. The van der Waals surface area contributed by atoms with Gasteiger partial charge in [0.2, 0.25) is 0 Å². The minimum Gasteiger partial charge on any atom is -0.330 e. The fourth-order valence-electron chi connectivity index (χ4n) is 1.10. The molecule has 0 bridgehead atoms. The zero-order chi connectivity index (χ0) is 9.68. The Morgan fingerprint density at radius 2 is 2.23 bits per heavy atom. The summed E-state index contributed by atoms with van der Waals surface area (Å²) in [5.74, 6) is 0. The lowest BCUT2D eigenvalue weighted by atomic mass is 10.1. The average Bonchev–Trinajstić information content (AvgIpc) is 2.11. The summed E-state index contributed by atoms with van der Waals surface area (Å²) in [6.07, 6.45) is 5.04. The molecule has 70 valence electrons. The zero-order valence-corrected chi connectivity index (χ0v) is 8.51. The van der Waals surface area contributed by atoms with Crippen molar-refractivity contribution in [3.63, 3.8) is 0 Å². The molecule has 1 rings (SSSR count). The number of nitrogens with two attached hydrogens (primary N) is 1. The zero-order valence-electron chi connectivity index (χ0n) is 7.76. The Morgan fingerprint density at radius 3 is 2.92 bits per heavy atom. The standard InChI is InChI=1S/C11H14ClN/c1-9-5-6-11(12)8-10(9)4-2-3-7-13/h2,4-6,8H,3,7,13H2,1H3. The molecule has 0 aliphatic heterocycles. The monoisotopic (exact) mass is 195 g/mol. The van der Waals surface area contributed by atoms with Crippen LogP contribution in [0.25, 0.3) is 6.08 Å². The first-order valence-corrected chi connectivity index (χ1v) is 4.74. The summed E-state index contributed by atoms with van der Waals surface area (Å²) in [5.41, 5.74) is 7.78. The van der Waals surface area contributed by atoms with Gasteiger partial charge in [0.1, 0.15) is 0 Å². The molecule has 0 radical (unpaired) electrons. The van der Waals surface area contributed by atoms with Gasteiger partial charge in [0.25, 0.3) is 0 Å². The van der Waals surface area contributed by atoms with E-state index in [1.54, 1.807) is 0 Å². The van der Waals surface area contributed by atoms with Crippen molar-refractivity contribution in [1.82, 2.24) is 0 Å². The minimum atomic E-state index is 0.691. The van der Waals surface area contributed by atoms with Crippen LogP contribution in [0.5, 0.6) is 0 Å². The lowest BCUT2D eigenvalue weighted by molar-refractivity contribution is 1.01. The highest BCUT2D eigenvalue weighted by Crippen LogP contribution is 2.16. The molecule has 0 atom stereocenters. The third-order valence-corrected chi connectivity index (χ3v) is 2.11. The van der Waals surface area contributed by atoms with Crippen LogP contribution in [-0.4, -0.2) is 6.54 Å². The van der Waals surface area contributed by atoms with Gasteiger partial charge in [0, 0.05) is 5.02 Å². The molecule has 1 aromatic carbocycles.